The lowest BCUT2D eigenvalue weighted by Gasteiger charge is -2.15. The van der Waals surface area contributed by atoms with Crippen molar-refractivity contribution < 1.29 is 27.4 Å². The topological polar surface area (TPSA) is 71.3 Å². The van der Waals surface area contributed by atoms with Gasteiger partial charge < -0.3 is 14.8 Å². The highest BCUT2D eigenvalue weighted by Crippen LogP contribution is 2.38. The number of anilines is 1. The van der Waals surface area contributed by atoms with Crippen LogP contribution in [0.1, 0.15) is 23.6 Å². The van der Waals surface area contributed by atoms with E-state index in [9.17, 15) is 23.2 Å². The van der Waals surface area contributed by atoms with Crippen molar-refractivity contribution in [1.82, 2.24) is 0 Å². The standard InChI is InChI=1S/C26H19BrF3IN2O3/c1-2-35-23-12-17(11-22(27)24(23)36-15-16-6-8-20(31)9-7-16)10-18(14-32)25(34)33-21-5-3-4-19(13-21)26(28,29)30/h3-13H,2,15H2,1H3,(H,33,34)/b18-10-. The second-order valence-electron chi connectivity index (χ2n) is 7.38. The molecule has 0 fully saturated rings. The first-order valence-corrected chi connectivity index (χ1v) is 12.4. The molecule has 36 heavy (non-hydrogen) atoms. The highest BCUT2D eigenvalue weighted by atomic mass is 127. The highest BCUT2D eigenvalue weighted by molar-refractivity contribution is 14.1. The van der Waals surface area contributed by atoms with E-state index in [2.05, 4.69) is 43.8 Å². The molecule has 1 N–H and O–H groups in total. The molecule has 3 aromatic rings. The fourth-order valence-electron chi connectivity index (χ4n) is 3.10. The van der Waals surface area contributed by atoms with Crippen LogP contribution in [-0.2, 0) is 17.6 Å². The van der Waals surface area contributed by atoms with Crippen molar-refractivity contribution >= 4 is 56.2 Å². The molecule has 0 aliphatic heterocycles. The van der Waals surface area contributed by atoms with Gasteiger partial charge >= 0.3 is 6.18 Å². The molecule has 0 saturated heterocycles. The van der Waals surface area contributed by atoms with Crippen molar-refractivity contribution in [2.75, 3.05) is 11.9 Å². The predicted molar refractivity (Wildman–Crippen MR) is 142 cm³/mol. The number of ether oxygens (including phenoxy) is 2. The van der Waals surface area contributed by atoms with Gasteiger partial charge in [0.2, 0.25) is 0 Å². The SMILES string of the molecule is CCOc1cc(/C=C(/C#N)C(=O)Nc2cccc(C(F)(F)F)c2)cc(Br)c1OCc1ccc(I)cc1. The van der Waals surface area contributed by atoms with Crippen molar-refractivity contribution in [1.29, 1.82) is 5.26 Å². The van der Waals surface area contributed by atoms with Gasteiger partial charge in [-0.2, -0.15) is 18.4 Å². The van der Waals surface area contributed by atoms with Crippen molar-refractivity contribution in [3.8, 4) is 17.6 Å². The number of rotatable bonds is 8. The Morgan fingerprint density at radius 1 is 1.14 bits per heavy atom. The van der Waals surface area contributed by atoms with Gasteiger partial charge in [-0.25, -0.2) is 0 Å². The zero-order valence-electron chi connectivity index (χ0n) is 18.8. The summed E-state index contributed by atoms with van der Waals surface area (Å²) in [6, 6.07) is 17.1. The summed E-state index contributed by atoms with van der Waals surface area (Å²) in [6.07, 6.45) is -3.24. The predicted octanol–water partition coefficient (Wildman–Crippen LogP) is 7.60. The molecular weight excluding hydrogens is 652 g/mol. The minimum absolute atomic E-state index is 0.0773. The van der Waals surface area contributed by atoms with E-state index in [-0.39, 0.29) is 11.3 Å². The van der Waals surface area contributed by atoms with E-state index in [1.807, 2.05) is 31.2 Å². The molecule has 0 bridgehead atoms. The van der Waals surface area contributed by atoms with Gasteiger partial charge in [-0.3, -0.25) is 4.79 Å². The highest BCUT2D eigenvalue weighted by Gasteiger charge is 2.30. The molecule has 3 aromatic carbocycles. The smallest absolute Gasteiger partial charge is 0.416 e. The molecule has 1 amide bonds. The zero-order valence-corrected chi connectivity index (χ0v) is 22.6. The number of nitrogens with one attached hydrogen (secondary N) is 1. The number of hydrogen-bond acceptors (Lipinski definition) is 4. The van der Waals surface area contributed by atoms with Crippen LogP contribution in [0.15, 0.2) is 70.7 Å². The summed E-state index contributed by atoms with van der Waals surface area (Å²) in [5, 5.41) is 11.9. The maximum Gasteiger partial charge on any atom is 0.416 e. The minimum Gasteiger partial charge on any atom is -0.490 e. The molecule has 0 aliphatic carbocycles. The molecule has 0 atom stereocenters. The van der Waals surface area contributed by atoms with Crippen LogP contribution in [-0.4, -0.2) is 12.5 Å². The van der Waals surface area contributed by atoms with Crippen LogP contribution in [0.2, 0.25) is 0 Å². The second kappa shape index (κ2) is 12.3. The molecule has 0 unspecified atom stereocenters. The Morgan fingerprint density at radius 2 is 1.86 bits per heavy atom. The number of amides is 1. The first-order valence-electron chi connectivity index (χ1n) is 10.5. The summed E-state index contributed by atoms with van der Waals surface area (Å²) < 4.78 is 52.2. The molecule has 186 valence electrons. The average Bonchev–Trinajstić information content (AvgIpc) is 2.83. The molecule has 5 nitrogen and oxygen atoms in total. The first-order chi connectivity index (χ1) is 17.1. The summed E-state index contributed by atoms with van der Waals surface area (Å²) in [4.78, 5) is 12.6. The lowest BCUT2D eigenvalue weighted by Crippen LogP contribution is -2.14. The lowest BCUT2D eigenvalue weighted by atomic mass is 10.1. The van der Waals surface area contributed by atoms with Crippen LogP contribution in [0, 0.1) is 14.9 Å². The van der Waals surface area contributed by atoms with E-state index < -0.39 is 17.6 Å². The van der Waals surface area contributed by atoms with Gasteiger partial charge in [0.1, 0.15) is 18.2 Å². The van der Waals surface area contributed by atoms with Crippen molar-refractivity contribution in [3.63, 3.8) is 0 Å². The van der Waals surface area contributed by atoms with Crippen molar-refractivity contribution in [2.24, 2.45) is 0 Å². The van der Waals surface area contributed by atoms with Crippen molar-refractivity contribution in [3.05, 3.63) is 91.0 Å². The van der Waals surface area contributed by atoms with Crippen LogP contribution < -0.4 is 14.8 Å². The number of halogens is 5. The Labute approximate surface area is 228 Å². The van der Waals surface area contributed by atoms with Gasteiger partial charge in [-0.05, 0) is 105 Å². The quantitative estimate of drug-likeness (QED) is 0.152. The Bertz CT molecular complexity index is 1320. The Kier molecular flexibility index (Phi) is 9.39. The summed E-state index contributed by atoms with van der Waals surface area (Å²) in [6.45, 7) is 2.46. The van der Waals surface area contributed by atoms with Crippen molar-refractivity contribution in [2.45, 2.75) is 19.7 Å². The summed E-state index contributed by atoms with van der Waals surface area (Å²) in [7, 11) is 0. The Morgan fingerprint density at radius 3 is 2.50 bits per heavy atom. The molecule has 10 heteroatoms. The third kappa shape index (κ3) is 7.48. The van der Waals surface area contributed by atoms with Crippen LogP contribution in [0.4, 0.5) is 18.9 Å². The molecule has 0 spiro atoms. The van der Waals surface area contributed by atoms with E-state index in [1.54, 1.807) is 18.2 Å². The largest absolute Gasteiger partial charge is 0.490 e. The molecule has 0 radical (unpaired) electrons. The number of carbonyl (C=O) groups excluding carboxylic acids is 1. The number of alkyl halides is 3. The molecule has 0 aliphatic rings. The lowest BCUT2D eigenvalue weighted by molar-refractivity contribution is -0.137. The number of hydrogen-bond donors (Lipinski definition) is 1. The van der Waals surface area contributed by atoms with Crippen LogP contribution in [0.5, 0.6) is 11.5 Å². The second-order valence-corrected chi connectivity index (χ2v) is 9.48. The van der Waals surface area contributed by atoms with Gasteiger partial charge in [0, 0.05) is 9.26 Å². The molecular formula is C26H19BrF3IN2O3. The maximum absolute atomic E-state index is 13.0. The summed E-state index contributed by atoms with van der Waals surface area (Å²) in [5.74, 6) is 0.0173. The van der Waals surface area contributed by atoms with Crippen LogP contribution in [0.25, 0.3) is 6.08 Å². The molecule has 0 aromatic heterocycles. The Balaban J connectivity index is 1.84. The zero-order chi connectivity index (χ0) is 26.3. The van der Waals surface area contributed by atoms with Gasteiger partial charge in [0.25, 0.3) is 5.91 Å². The fourth-order valence-corrected chi connectivity index (χ4v) is 4.03. The molecule has 0 heterocycles. The number of nitrogens with zero attached hydrogens (tertiary/aromatic N) is 1. The number of nitriles is 1. The fraction of sp³-hybridized carbons (Fsp3) is 0.154. The van der Waals surface area contributed by atoms with E-state index in [4.69, 9.17) is 9.47 Å². The van der Waals surface area contributed by atoms with Gasteiger partial charge in [-0.15, -0.1) is 0 Å². The average molecular weight is 671 g/mol. The number of benzene rings is 3. The van der Waals surface area contributed by atoms with Crippen LogP contribution in [0.3, 0.4) is 0 Å². The first kappa shape index (κ1) is 27.5. The summed E-state index contributed by atoms with van der Waals surface area (Å²) >= 11 is 5.68. The normalized spacial score (nSPS) is 11.5. The van der Waals surface area contributed by atoms with Crippen LogP contribution >= 0.6 is 38.5 Å². The summed E-state index contributed by atoms with van der Waals surface area (Å²) in [5.41, 5.74) is 0.143. The van der Waals surface area contributed by atoms with E-state index in [1.165, 1.54) is 18.2 Å². The minimum atomic E-state index is -4.56. The maximum atomic E-state index is 13.0. The van der Waals surface area contributed by atoms with Gasteiger partial charge in [-0.1, -0.05) is 18.2 Å². The van der Waals surface area contributed by atoms with E-state index in [0.717, 1.165) is 21.3 Å². The number of carbonyl (C=O) groups is 1. The van der Waals surface area contributed by atoms with E-state index in [0.29, 0.717) is 34.7 Å². The Hall–Kier alpha value is -3.04. The third-order valence-corrected chi connectivity index (χ3v) is 6.06. The molecule has 3 rings (SSSR count). The van der Waals surface area contributed by atoms with Gasteiger partial charge in [0.05, 0.1) is 16.6 Å². The van der Waals surface area contributed by atoms with E-state index >= 15 is 0 Å². The third-order valence-electron chi connectivity index (χ3n) is 4.75. The molecule has 0 saturated carbocycles. The monoisotopic (exact) mass is 670 g/mol. The van der Waals surface area contributed by atoms with Gasteiger partial charge in [0.15, 0.2) is 11.5 Å².